The summed E-state index contributed by atoms with van der Waals surface area (Å²) in [4.78, 5) is 0. The maximum absolute atomic E-state index is 13.3. The minimum absolute atomic E-state index is 0.239. The third kappa shape index (κ3) is 4.20. The molecule has 2 aromatic rings. The highest BCUT2D eigenvalue weighted by Crippen LogP contribution is 2.35. The monoisotopic (exact) mass is 415 g/mol. The van der Waals surface area contributed by atoms with Crippen molar-refractivity contribution in [1.82, 2.24) is 0 Å². The van der Waals surface area contributed by atoms with Gasteiger partial charge in [0.2, 0.25) is 0 Å². The molecule has 0 aliphatic heterocycles. The second-order valence-electron chi connectivity index (χ2n) is 4.63. The first kappa shape index (κ1) is 16.3. The van der Waals surface area contributed by atoms with Crippen LogP contribution in [0, 0.1) is 12.7 Å². The minimum Gasteiger partial charge on any atom is -0.492 e. The van der Waals surface area contributed by atoms with E-state index in [9.17, 15) is 4.39 Å². The first-order chi connectivity index (χ1) is 10.0. The molecule has 2 nitrogen and oxygen atoms in total. The first-order valence-electron chi connectivity index (χ1n) is 6.62. The molecule has 1 N–H and O–H groups in total. The van der Waals surface area contributed by atoms with Crippen molar-refractivity contribution in [3.8, 4) is 5.75 Å². The third-order valence-electron chi connectivity index (χ3n) is 3.03. The van der Waals surface area contributed by atoms with Crippen LogP contribution in [-0.4, -0.2) is 6.61 Å². The van der Waals surface area contributed by atoms with Gasteiger partial charge in [0, 0.05) is 12.2 Å². The van der Waals surface area contributed by atoms with E-state index >= 15 is 0 Å². The summed E-state index contributed by atoms with van der Waals surface area (Å²) in [5, 5.41) is 3.25. The molecule has 0 saturated heterocycles. The number of hydrogen-bond acceptors (Lipinski definition) is 2. The van der Waals surface area contributed by atoms with E-state index in [0.717, 1.165) is 31.5 Å². The number of anilines is 1. The Labute approximate surface area is 141 Å². The van der Waals surface area contributed by atoms with Gasteiger partial charge in [0.15, 0.2) is 0 Å². The fourth-order valence-electron chi connectivity index (χ4n) is 1.98. The van der Waals surface area contributed by atoms with Gasteiger partial charge in [-0.05, 0) is 81.1 Å². The Kier molecular flexibility index (Phi) is 5.65. The Balaban J connectivity index is 2.15. The van der Waals surface area contributed by atoms with Gasteiger partial charge >= 0.3 is 0 Å². The lowest BCUT2D eigenvalue weighted by Gasteiger charge is -2.13. The number of hydrogen-bond donors (Lipinski definition) is 1. The van der Waals surface area contributed by atoms with Crippen molar-refractivity contribution in [2.75, 3.05) is 11.9 Å². The zero-order chi connectivity index (χ0) is 15.4. The second-order valence-corrected chi connectivity index (χ2v) is 6.34. The van der Waals surface area contributed by atoms with Crippen LogP contribution in [0.3, 0.4) is 0 Å². The number of aryl methyl sites for hydroxylation is 1. The van der Waals surface area contributed by atoms with Crippen LogP contribution in [0.15, 0.2) is 39.3 Å². The number of nitrogens with one attached hydrogen (secondary N) is 1. The summed E-state index contributed by atoms with van der Waals surface area (Å²) in [6.45, 7) is 5.11. The molecule has 0 saturated carbocycles. The normalized spacial score (nSPS) is 10.5. The van der Waals surface area contributed by atoms with Gasteiger partial charge in [-0.15, -0.1) is 0 Å². The lowest BCUT2D eigenvalue weighted by atomic mass is 10.1. The highest BCUT2D eigenvalue weighted by molar-refractivity contribution is 9.11. The highest BCUT2D eigenvalue weighted by Gasteiger charge is 2.09. The van der Waals surface area contributed by atoms with E-state index in [4.69, 9.17) is 4.74 Å². The average molecular weight is 417 g/mol. The molecule has 0 aromatic heterocycles. The van der Waals surface area contributed by atoms with Crippen molar-refractivity contribution in [1.29, 1.82) is 0 Å². The van der Waals surface area contributed by atoms with Crippen molar-refractivity contribution < 1.29 is 9.13 Å². The van der Waals surface area contributed by atoms with Crippen LogP contribution >= 0.6 is 31.9 Å². The summed E-state index contributed by atoms with van der Waals surface area (Å²) >= 11 is 7.02. The van der Waals surface area contributed by atoms with E-state index in [1.165, 1.54) is 12.1 Å². The van der Waals surface area contributed by atoms with Crippen LogP contribution in [-0.2, 0) is 6.54 Å². The van der Waals surface area contributed by atoms with Gasteiger partial charge < -0.3 is 10.1 Å². The van der Waals surface area contributed by atoms with Crippen molar-refractivity contribution >= 4 is 37.5 Å². The molecule has 0 bridgehead atoms. The highest BCUT2D eigenvalue weighted by atomic mass is 79.9. The number of halogens is 3. The number of ether oxygens (including phenoxy) is 1. The van der Waals surface area contributed by atoms with Gasteiger partial charge in [0.05, 0.1) is 15.6 Å². The Bertz CT molecular complexity index is 623. The van der Waals surface area contributed by atoms with Gasteiger partial charge in [-0.1, -0.05) is 6.07 Å². The second kappa shape index (κ2) is 7.27. The SMILES string of the molecule is CCOc1c(Br)cc(CNc2cc(F)ccc2C)cc1Br. The molecule has 0 unspecified atom stereocenters. The smallest absolute Gasteiger partial charge is 0.147 e. The molecule has 0 radical (unpaired) electrons. The first-order valence-corrected chi connectivity index (χ1v) is 8.20. The Hall–Kier alpha value is -1.07. The molecule has 112 valence electrons. The molecule has 0 aliphatic rings. The summed E-state index contributed by atoms with van der Waals surface area (Å²) in [6, 6.07) is 8.73. The maximum atomic E-state index is 13.3. The molecule has 2 aromatic carbocycles. The largest absolute Gasteiger partial charge is 0.492 e. The van der Waals surface area contributed by atoms with Crippen LogP contribution < -0.4 is 10.1 Å². The van der Waals surface area contributed by atoms with Crippen molar-refractivity contribution in [2.45, 2.75) is 20.4 Å². The molecule has 0 heterocycles. The van der Waals surface area contributed by atoms with Crippen molar-refractivity contribution in [3.05, 3.63) is 56.2 Å². The zero-order valence-electron chi connectivity index (χ0n) is 11.8. The van der Waals surface area contributed by atoms with Gasteiger partial charge in [0.25, 0.3) is 0 Å². The Morgan fingerprint density at radius 3 is 2.43 bits per heavy atom. The molecule has 0 atom stereocenters. The molecular weight excluding hydrogens is 401 g/mol. The molecule has 21 heavy (non-hydrogen) atoms. The van der Waals surface area contributed by atoms with E-state index in [1.807, 2.05) is 26.0 Å². The summed E-state index contributed by atoms with van der Waals surface area (Å²) < 4.78 is 20.6. The van der Waals surface area contributed by atoms with Crippen molar-refractivity contribution in [3.63, 3.8) is 0 Å². The van der Waals surface area contributed by atoms with E-state index < -0.39 is 0 Å². The maximum Gasteiger partial charge on any atom is 0.147 e. The molecule has 5 heteroatoms. The van der Waals surface area contributed by atoms with Crippen LogP contribution in [0.1, 0.15) is 18.1 Å². The lowest BCUT2D eigenvalue weighted by molar-refractivity contribution is 0.336. The molecule has 0 fully saturated rings. The number of benzene rings is 2. The predicted molar refractivity (Wildman–Crippen MR) is 91.5 cm³/mol. The van der Waals surface area contributed by atoms with Gasteiger partial charge in [-0.2, -0.15) is 0 Å². The van der Waals surface area contributed by atoms with Gasteiger partial charge in [0.1, 0.15) is 11.6 Å². The van der Waals surface area contributed by atoms with Crippen LogP contribution in [0.4, 0.5) is 10.1 Å². The summed E-state index contributed by atoms with van der Waals surface area (Å²) in [5.74, 6) is 0.556. The summed E-state index contributed by atoms with van der Waals surface area (Å²) in [6.07, 6.45) is 0. The fraction of sp³-hybridized carbons (Fsp3) is 0.250. The van der Waals surface area contributed by atoms with Crippen LogP contribution in [0.2, 0.25) is 0 Å². The van der Waals surface area contributed by atoms with Gasteiger partial charge in [-0.3, -0.25) is 0 Å². The summed E-state index contributed by atoms with van der Waals surface area (Å²) in [7, 11) is 0. The number of rotatable bonds is 5. The zero-order valence-corrected chi connectivity index (χ0v) is 15.0. The lowest BCUT2D eigenvalue weighted by Crippen LogP contribution is -2.02. The predicted octanol–water partition coefficient (Wildman–Crippen LogP) is 5.67. The van der Waals surface area contributed by atoms with Crippen LogP contribution in [0.25, 0.3) is 0 Å². The van der Waals surface area contributed by atoms with E-state index in [0.29, 0.717) is 13.2 Å². The molecule has 0 aliphatic carbocycles. The topological polar surface area (TPSA) is 21.3 Å². The molecule has 0 spiro atoms. The molecule has 0 amide bonds. The minimum atomic E-state index is -0.239. The van der Waals surface area contributed by atoms with E-state index in [-0.39, 0.29) is 5.82 Å². The molecular formula is C16H16Br2FNO. The van der Waals surface area contributed by atoms with E-state index in [2.05, 4.69) is 37.2 Å². The average Bonchev–Trinajstić information content (AvgIpc) is 2.44. The third-order valence-corrected chi connectivity index (χ3v) is 4.21. The van der Waals surface area contributed by atoms with Crippen LogP contribution in [0.5, 0.6) is 5.75 Å². The van der Waals surface area contributed by atoms with Gasteiger partial charge in [-0.25, -0.2) is 4.39 Å². The van der Waals surface area contributed by atoms with E-state index in [1.54, 1.807) is 6.07 Å². The Morgan fingerprint density at radius 2 is 1.81 bits per heavy atom. The molecule has 2 rings (SSSR count). The Morgan fingerprint density at radius 1 is 1.14 bits per heavy atom. The standard InChI is InChI=1S/C16H16Br2FNO/c1-3-21-16-13(17)6-11(7-14(16)18)9-20-15-8-12(19)5-4-10(15)2/h4-8,20H,3,9H2,1-2H3. The quantitative estimate of drug-likeness (QED) is 0.677. The van der Waals surface area contributed by atoms with Crippen molar-refractivity contribution in [2.24, 2.45) is 0 Å². The summed E-state index contributed by atoms with van der Waals surface area (Å²) in [5.41, 5.74) is 2.89. The fourth-order valence-corrected chi connectivity index (χ4v) is 3.49.